The molecule has 0 radical (unpaired) electrons. The lowest BCUT2D eigenvalue weighted by Crippen LogP contribution is -2.64. The third-order valence-corrected chi connectivity index (χ3v) is 7.02. The van der Waals surface area contributed by atoms with Crippen LogP contribution in [-0.2, 0) is 22.7 Å². The van der Waals surface area contributed by atoms with Crippen LogP contribution >= 0.6 is 0 Å². The number of carbonyl (C=O) groups is 1. The molecule has 1 aliphatic heterocycles. The summed E-state index contributed by atoms with van der Waals surface area (Å²) in [4.78, 5) is 17.3. The maximum atomic E-state index is 12.9. The average molecular weight is 442 g/mol. The normalized spacial score (nSPS) is 19.0. The van der Waals surface area contributed by atoms with E-state index >= 15 is 0 Å². The minimum Gasteiger partial charge on any atom is -0.489 e. The second kappa shape index (κ2) is 10.0. The van der Waals surface area contributed by atoms with Crippen LogP contribution in [0, 0.1) is 13.8 Å². The van der Waals surface area contributed by atoms with Gasteiger partial charge in [0.25, 0.3) is 0 Å². The molecule has 1 aliphatic carbocycles. The number of aromatic nitrogens is 1. The van der Waals surface area contributed by atoms with Crippen molar-refractivity contribution in [1.82, 2.24) is 15.0 Å². The molecule has 1 saturated carbocycles. The SMILES string of the molecule is COCCN1CC2(CCCCC2)N(Cc2cccc(OCc3c(C)noc3C)c2)CC1=O. The van der Waals surface area contributed by atoms with Crippen LogP contribution in [0.5, 0.6) is 5.75 Å². The number of aryl methyl sites for hydroxylation is 2. The summed E-state index contributed by atoms with van der Waals surface area (Å²) in [5.41, 5.74) is 3.09. The molecule has 2 heterocycles. The first kappa shape index (κ1) is 22.8. The first-order valence-corrected chi connectivity index (χ1v) is 11.7. The van der Waals surface area contributed by atoms with Crippen molar-refractivity contribution in [3.8, 4) is 5.75 Å². The van der Waals surface area contributed by atoms with Crippen LogP contribution in [-0.4, -0.2) is 59.8 Å². The van der Waals surface area contributed by atoms with Crippen molar-refractivity contribution in [2.24, 2.45) is 0 Å². The maximum absolute atomic E-state index is 12.9. The number of hydrogen-bond acceptors (Lipinski definition) is 6. The molecule has 2 aliphatic rings. The number of ether oxygens (including phenoxy) is 2. The molecule has 4 rings (SSSR count). The highest BCUT2D eigenvalue weighted by Gasteiger charge is 2.44. The molecule has 7 heteroatoms. The molecule has 1 aromatic heterocycles. The fourth-order valence-electron chi connectivity index (χ4n) is 5.10. The molecule has 7 nitrogen and oxygen atoms in total. The van der Waals surface area contributed by atoms with Crippen molar-refractivity contribution < 1.29 is 18.8 Å². The minimum atomic E-state index is 0.0629. The van der Waals surface area contributed by atoms with Gasteiger partial charge in [-0.3, -0.25) is 9.69 Å². The van der Waals surface area contributed by atoms with Gasteiger partial charge in [-0.05, 0) is 44.4 Å². The highest BCUT2D eigenvalue weighted by atomic mass is 16.5. The zero-order valence-electron chi connectivity index (χ0n) is 19.6. The van der Waals surface area contributed by atoms with E-state index in [1.165, 1.54) is 24.8 Å². The van der Waals surface area contributed by atoms with Crippen molar-refractivity contribution in [2.45, 2.75) is 64.6 Å². The molecule has 1 aromatic carbocycles. The number of piperazine rings is 1. The Labute approximate surface area is 190 Å². The van der Waals surface area contributed by atoms with Crippen LogP contribution < -0.4 is 4.74 Å². The average Bonchev–Trinajstić information content (AvgIpc) is 3.12. The minimum absolute atomic E-state index is 0.0629. The topological polar surface area (TPSA) is 68.0 Å². The van der Waals surface area contributed by atoms with Crippen LogP contribution in [0.4, 0.5) is 0 Å². The lowest BCUT2D eigenvalue weighted by molar-refractivity contribution is -0.147. The highest BCUT2D eigenvalue weighted by molar-refractivity contribution is 5.79. The summed E-state index contributed by atoms with van der Waals surface area (Å²) in [7, 11) is 1.69. The number of carbonyl (C=O) groups excluding carboxylic acids is 1. The van der Waals surface area contributed by atoms with E-state index in [0.29, 0.717) is 26.3 Å². The molecule has 2 aromatic rings. The summed E-state index contributed by atoms with van der Waals surface area (Å²) in [5, 5.41) is 4.00. The van der Waals surface area contributed by atoms with Gasteiger partial charge in [0, 0.05) is 32.3 Å². The van der Waals surface area contributed by atoms with Gasteiger partial charge in [-0.1, -0.05) is 36.6 Å². The number of rotatable bonds is 8. The van der Waals surface area contributed by atoms with Crippen molar-refractivity contribution >= 4 is 5.91 Å². The fourth-order valence-corrected chi connectivity index (χ4v) is 5.10. The summed E-state index contributed by atoms with van der Waals surface area (Å²) in [5.74, 6) is 1.82. The second-order valence-corrected chi connectivity index (χ2v) is 9.19. The predicted molar refractivity (Wildman–Crippen MR) is 121 cm³/mol. The third-order valence-electron chi connectivity index (χ3n) is 7.02. The van der Waals surface area contributed by atoms with Crippen molar-refractivity contribution in [3.63, 3.8) is 0 Å². The van der Waals surface area contributed by atoms with E-state index in [1.54, 1.807) is 7.11 Å². The molecular weight excluding hydrogens is 406 g/mol. The van der Waals surface area contributed by atoms with E-state index < -0.39 is 0 Å². The summed E-state index contributed by atoms with van der Waals surface area (Å²) in [6.07, 6.45) is 6.03. The molecule has 0 unspecified atom stereocenters. The molecule has 0 N–H and O–H groups in total. The Morgan fingerprint density at radius 2 is 2.00 bits per heavy atom. The van der Waals surface area contributed by atoms with Crippen LogP contribution in [0.3, 0.4) is 0 Å². The van der Waals surface area contributed by atoms with Gasteiger partial charge in [0.15, 0.2) is 0 Å². The van der Waals surface area contributed by atoms with Gasteiger partial charge in [0.05, 0.1) is 24.4 Å². The molecule has 0 bridgehead atoms. The first-order valence-electron chi connectivity index (χ1n) is 11.7. The third kappa shape index (κ3) is 4.99. The number of methoxy groups -OCH3 is 1. The van der Waals surface area contributed by atoms with Gasteiger partial charge < -0.3 is 18.9 Å². The molecule has 1 saturated heterocycles. The summed E-state index contributed by atoms with van der Waals surface area (Å²) in [6.45, 7) is 7.56. The van der Waals surface area contributed by atoms with Crippen LogP contribution in [0.2, 0.25) is 0 Å². The lowest BCUT2D eigenvalue weighted by Gasteiger charge is -2.52. The van der Waals surface area contributed by atoms with Gasteiger partial charge >= 0.3 is 0 Å². The Kier molecular flexibility index (Phi) is 7.16. The van der Waals surface area contributed by atoms with Gasteiger partial charge in [0.2, 0.25) is 5.91 Å². The van der Waals surface area contributed by atoms with Gasteiger partial charge in [-0.15, -0.1) is 0 Å². The number of benzene rings is 1. The van der Waals surface area contributed by atoms with Crippen LogP contribution in [0.15, 0.2) is 28.8 Å². The summed E-state index contributed by atoms with van der Waals surface area (Å²) >= 11 is 0. The zero-order chi connectivity index (χ0) is 22.6. The maximum Gasteiger partial charge on any atom is 0.236 e. The first-order chi connectivity index (χ1) is 15.5. The molecule has 174 valence electrons. The van der Waals surface area contributed by atoms with Gasteiger partial charge in [0.1, 0.15) is 18.1 Å². The summed E-state index contributed by atoms with van der Waals surface area (Å²) < 4.78 is 16.5. The van der Waals surface area contributed by atoms with Crippen LogP contribution in [0.1, 0.15) is 54.7 Å². The standard InChI is InChI=1S/C25H35N3O4/c1-19-23(20(2)32-26-19)17-31-22-9-7-8-21(14-22)15-28-16-24(29)27(12-13-30-3)18-25(28)10-5-4-6-11-25/h7-9,14H,4-6,10-13,15-18H2,1-3H3. The largest absolute Gasteiger partial charge is 0.489 e. The highest BCUT2D eigenvalue weighted by Crippen LogP contribution is 2.38. The monoisotopic (exact) mass is 441 g/mol. The molecule has 1 amide bonds. The van der Waals surface area contributed by atoms with E-state index in [0.717, 1.165) is 48.7 Å². The van der Waals surface area contributed by atoms with Crippen molar-refractivity contribution in [2.75, 3.05) is 33.4 Å². The summed E-state index contributed by atoms with van der Waals surface area (Å²) in [6, 6.07) is 8.23. The van der Waals surface area contributed by atoms with Gasteiger partial charge in [-0.2, -0.15) is 0 Å². The zero-order valence-corrected chi connectivity index (χ0v) is 19.6. The molecule has 2 fully saturated rings. The molecular formula is C25H35N3O4. The Hall–Kier alpha value is -2.38. The Balaban J connectivity index is 1.47. The Morgan fingerprint density at radius 1 is 1.19 bits per heavy atom. The molecule has 0 atom stereocenters. The van der Waals surface area contributed by atoms with E-state index in [2.05, 4.69) is 22.2 Å². The van der Waals surface area contributed by atoms with E-state index in [1.807, 2.05) is 30.9 Å². The van der Waals surface area contributed by atoms with Gasteiger partial charge in [-0.25, -0.2) is 0 Å². The van der Waals surface area contributed by atoms with E-state index in [9.17, 15) is 4.79 Å². The molecule has 32 heavy (non-hydrogen) atoms. The number of amides is 1. The predicted octanol–water partition coefficient (Wildman–Crippen LogP) is 3.86. The molecule has 1 spiro atoms. The van der Waals surface area contributed by atoms with E-state index in [4.69, 9.17) is 14.0 Å². The van der Waals surface area contributed by atoms with Crippen LogP contribution in [0.25, 0.3) is 0 Å². The van der Waals surface area contributed by atoms with E-state index in [-0.39, 0.29) is 11.4 Å². The number of nitrogens with zero attached hydrogens (tertiary/aromatic N) is 3. The Bertz CT molecular complexity index is 900. The quantitative estimate of drug-likeness (QED) is 0.620. The number of hydrogen-bond donors (Lipinski definition) is 0. The van der Waals surface area contributed by atoms with Crippen molar-refractivity contribution in [1.29, 1.82) is 0 Å². The second-order valence-electron chi connectivity index (χ2n) is 9.19. The fraction of sp³-hybridized carbons (Fsp3) is 0.600. The smallest absolute Gasteiger partial charge is 0.236 e. The lowest BCUT2D eigenvalue weighted by atomic mass is 9.78. The Morgan fingerprint density at radius 3 is 2.72 bits per heavy atom. The van der Waals surface area contributed by atoms with Crippen molar-refractivity contribution in [3.05, 3.63) is 46.8 Å².